The van der Waals surface area contributed by atoms with Crippen molar-refractivity contribution in [2.75, 3.05) is 34.4 Å². The van der Waals surface area contributed by atoms with Crippen molar-refractivity contribution in [3.8, 4) is 17.2 Å². The number of ether oxygens (including phenoxy) is 3. The third kappa shape index (κ3) is 3.72. The van der Waals surface area contributed by atoms with Crippen LogP contribution in [0.3, 0.4) is 0 Å². The molecule has 2 amide bonds. The third-order valence-electron chi connectivity index (χ3n) is 3.75. The number of likely N-dealkylation sites (N-methyl/N-ethyl adjacent to an activating group) is 1. The topological polar surface area (TPSA) is 77.1 Å². The van der Waals surface area contributed by atoms with Gasteiger partial charge in [-0.25, -0.2) is 0 Å². The third-order valence-corrected chi connectivity index (χ3v) is 3.75. The minimum absolute atomic E-state index is 0.0389. The van der Waals surface area contributed by atoms with Gasteiger partial charge in [0.2, 0.25) is 11.7 Å². The number of carbonyl (C=O) groups is 2. The van der Waals surface area contributed by atoms with Gasteiger partial charge in [-0.3, -0.25) is 9.59 Å². The monoisotopic (exact) mass is 336 g/mol. The summed E-state index contributed by atoms with van der Waals surface area (Å²) in [7, 11) is 4.83. The largest absolute Gasteiger partial charge is 0.493 e. The van der Waals surface area contributed by atoms with E-state index in [1.165, 1.54) is 12.0 Å². The highest BCUT2D eigenvalue weighted by Crippen LogP contribution is 2.40. The Labute approximate surface area is 141 Å². The van der Waals surface area contributed by atoms with Gasteiger partial charge in [0, 0.05) is 19.7 Å². The van der Waals surface area contributed by atoms with Gasteiger partial charge in [-0.2, -0.15) is 0 Å². The van der Waals surface area contributed by atoms with Crippen molar-refractivity contribution in [1.82, 2.24) is 10.2 Å². The Morgan fingerprint density at radius 1 is 1.21 bits per heavy atom. The van der Waals surface area contributed by atoms with Crippen LogP contribution in [0.25, 0.3) is 0 Å². The summed E-state index contributed by atoms with van der Waals surface area (Å²) in [6, 6.07) is 2.58. The molecule has 1 N–H and O–H groups in total. The van der Waals surface area contributed by atoms with E-state index in [4.69, 9.17) is 14.2 Å². The smallest absolute Gasteiger partial charge is 0.252 e. The van der Waals surface area contributed by atoms with Crippen LogP contribution in [0.5, 0.6) is 17.2 Å². The Hall–Kier alpha value is -2.44. The number of fused-ring (bicyclic) bond motifs is 1. The molecule has 0 radical (unpaired) electrons. The van der Waals surface area contributed by atoms with E-state index < -0.39 is 6.04 Å². The second-order valence-corrected chi connectivity index (χ2v) is 6.13. The first-order valence-electron chi connectivity index (χ1n) is 7.84. The molecule has 7 heteroatoms. The van der Waals surface area contributed by atoms with E-state index in [2.05, 4.69) is 5.32 Å². The van der Waals surface area contributed by atoms with Crippen molar-refractivity contribution in [1.29, 1.82) is 0 Å². The van der Waals surface area contributed by atoms with Crippen LogP contribution < -0.4 is 19.5 Å². The van der Waals surface area contributed by atoms with Gasteiger partial charge >= 0.3 is 0 Å². The Balaban J connectivity index is 2.27. The van der Waals surface area contributed by atoms with Crippen molar-refractivity contribution in [3.05, 3.63) is 17.7 Å². The molecule has 1 aromatic carbocycles. The summed E-state index contributed by atoms with van der Waals surface area (Å²) in [5, 5.41) is 2.79. The van der Waals surface area contributed by atoms with Crippen LogP contribution >= 0.6 is 0 Å². The molecule has 0 unspecified atom stereocenters. The van der Waals surface area contributed by atoms with Crippen LogP contribution in [0.2, 0.25) is 0 Å². The van der Waals surface area contributed by atoms with Gasteiger partial charge in [0.15, 0.2) is 11.5 Å². The molecule has 0 saturated heterocycles. The number of benzene rings is 1. The Kier molecular flexibility index (Phi) is 5.54. The first-order valence-corrected chi connectivity index (χ1v) is 7.84. The number of methoxy groups -OCH3 is 1. The lowest BCUT2D eigenvalue weighted by Crippen LogP contribution is -2.49. The molecule has 0 spiro atoms. The lowest BCUT2D eigenvalue weighted by atomic mass is 10.0. The molecule has 1 heterocycles. The van der Waals surface area contributed by atoms with Crippen molar-refractivity contribution < 1.29 is 23.8 Å². The van der Waals surface area contributed by atoms with E-state index in [1.54, 1.807) is 26.2 Å². The van der Waals surface area contributed by atoms with E-state index in [9.17, 15) is 9.59 Å². The number of rotatable bonds is 5. The molecular weight excluding hydrogens is 312 g/mol. The quantitative estimate of drug-likeness (QED) is 0.877. The van der Waals surface area contributed by atoms with Gasteiger partial charge in [0.1, 0.15) is 19.3 Å². The highest BCUT2D eigenvalue weighted by molar-refractivity contribution is 5.98. The van der Waals surface area contributed by atoms with Crippen LogP contribution in [0.4, 0.5) is 0 Å². The number of nitrogens with one attached hydrogen (secondary N) is 1. The summed E-state index contributed by atoms with van der Waals surface area (Å²) < 4.78 is 16.3. The molecule has 0 bridgehead atoms. The molecular formula is C17H24N2O5. The molecule has 0 aliphatic carbocycles. The highest BCUT2D eigenvalue weighted by atomic mass is 16.6. The Bertz CT molecular complexity index is 610. The summed E-state index contributed by atoms with van der Waals surface area (Å²) in [6.07, 6.45) is 0. The number of hydrogen-bond donors (Lipinski definition) is 1. The zero-order valence-electron chi connectivity index (χ0n) is 14.7. The fraction of sp³-hybridized carbons (Fsp3) is 0.529. The first kappa shape index (κ1) is 17.9. The summed E-state index contributed by atoms with van der Waals surface area (Å²) in [5.41, 5.74) is 0.355. The van der Waals surface area contributed by atoms with Crippen LogP contribution in [0.1, 0.15) is 24.2 Å². The molecule has 1 aliphatic heterocycles. The maximum Gasteiger partial charge on any atom is 0.252 e. The number of hydrogen-bond acceptors (Lipinski definition) is 5. The van der Waals surface area contributed by atoms with Gasteiger partial charge in [-0.1, -0.05) is 13.8 Å². The summed E-state index contributed by atoms with van der Waals surface area (Å²) in [6.45, 7) is 4.62. The second kappa shape index (κ2) is 7.42. The lowest BCUT2D eigenvalue weighted by Gasteiger charge is -2.25. The molecule has 1 aliphatic rings. The van der Waals surface area contributed by atoms with Crippen LogP contribution in [-0.2, 0) is 4.79 Å². The summed E-state index contributed by atoms with van der Waals surface area (Å²) in [4.78, 5) is 26.3. The van der Waals surface area contributed by atoms with Gasteiger partial charge < -0.3 is 24.4 Å². The predicted octanol–water partition coefficient (Wildman–Crippen LogP) is 1.31. The molecule has 0 aromatic heterocycles. The fourth-order valence-electron chi connectivity index (χ4n) is 2.42. The lowest BCUT2D eigenvalue weighted by molar-refractivity contribution is -0.131. The highest BCUT2D eigenvalue weighted by Gasteiger charge is 2.27. The molecule has 132 valence electrons. The summed E-state index contributed by atoms with van der Waals surface area (Å²) >= 11 is 0. The van der Waals surface area contributed by atoms with E-state index in [0.29, 0.717) is 36.0 Å². The Morgan fingerprint density at radius 3 is 2.46 bits per heavy atom. The normalized spacial score (nSPS) is 14.1. The average Bonchev–Trinajstić information content (AvgIpc) is 2.57. The molecule has 0 fully saturated rings. The van der Waals surface area contributed by atoms with Gasteiger partial charge in [-0.05, 0) is 18.1 Å². The second-order valence-electron chi connectivity index (χ2n) is 6.13. The van der Waals surface area contributed by atoms with Crippen molar-refractivity contribution in [3.63, 3.8) is 0 Å². The standard InChI is InChI=1S/C17H24N2O5/c1-10(2)14(17(21)19(3)4)18-16(20)11-8-12(22-5)15-13(9-11)23-6-7-24-15/h8-10,14H,6-7H2,1-5H3,(H,18,20)/t14-/m1/s1. The Morgan fingerprint density at radius 2 is 1.88 bits per heavy atom. The van der Waals surface area contributed by atoms with Gasteiger partial charge in [0.25, 0.3) is 5.91 Å². The SMILES string of the molecule is COc1cc(C(=O)N[C@@H](C(=O)N(C)C)C(C)C)cc2c1OCCO2. The number of amides is 2. The van der Waals surface area contributed by atoms with E-state index in [0.717, 1.165) is 0 Å². The van der Waals surface area contributed by atoms with Crippen LogP contribution in [-0.4, -0.2) is 57.2 Å². The summed E-state index contributed by atoms with van der Waals surface area (Å²) in [5.74, 6) is 0.832. The van der Waals surface area contributed by atoms with Crippen LogP contribution in [0, 0.1) is 5.92 Å². The van der Waals surface area contributed by atoms with Crippen molar-refractivity contribution in [2.45, 2.75) is 19.9 Å². The molecule has 1 atom stereocenters. The number of carbonyl (C=O) groups excluding carboxylic acids is 2. The molecule has 24 heavy (non-hydrogen) atoms. The molecule has 7 nitrogen and oxygen atoms in total. The van der Waals surface area contributed by atoms with Crippen molar-refractivity contribution in [2.24, 2.45) is 5.92 Å². The molecule has 1 aromatic rings. The fourth-order valence-corrected chi connectivity index (χ4v) is 2.42. The maximum absolute atomic E-state index is 12.6. The van der Waals surface area contributed by atoms with E-state index in [-0.39, 0.29) is 17.7 Å². The first-order chi connectivity index (χ1) is 11.3. The van der Waals surface area contributed by atoms with Crippen LogP contribution in [0.15, 0.2) is 12.1 Å². The zero-order chi connectivity index (χ0) is 17.9. The maximum atomic E-state index is 12.6. The predicted molar refractivity (Wildman–Crippen MR) is 88.8 cm³/mol. The van der Waals surface area contributed by atoms with E-state index in [1.807, 2.05) is 13.8 Å². The number of nitrogens with zero attached hydrogens (tertiary/aromatic N) is 1. The molecule has 0 saturated carbocycles. The zero-order valence-corrected chi connectivity index (χ0v) is 14.7. The molecule has 2 rings (SSSR count). The van der Waals surface area contributed by atoms with E-state index >= 15 is 0 Å². The van der Waals surface area contributed by atoms with Gasteiger partial charge in [0.05, 0.1) is 7.11 Å². The minimum atomic E-state index is -0.605. The van der Waals surface area contributed by atoms with Crippen molar-refractivity contribution >= 4 is 11.8 Å². The minimum Gasteiger partial charge on any atom is -0.493 e. The van der Waals surface area contributed by atoms with Gasteiger partial charge in [-0.15, -0.1) is 0 Å². The average molecular weight is 336 g/mol.